The van der Waals surface area contributed by atoms with Crippen LogP contribution in [0.1, 0.15) is 18.1 Å². The third-order valence-corrected chi connectivity index (χ3v) is 4.87. The van der Waals surface area contributed by atoms with Gasteiger partial charge < -0.3 is 19.3 Å². The number of pyridine rings is 1. The minimum Gasteiger partial charge on any atom is -0.507 e. The van der Waals surface area contributed by atoms with E-state index >= 15 is 0 Å². The molecule has 0 amide bonds. The maximum Gasteiger partial charge on any atom is 0.379 e. The summed E-state index contributed by atoms with van der Waals surface area (Å²) in [4.78, 5) is 38.5. The van der Waals surface area contributed by atoms with E-state index in [9.17, 15) is 23.9 Å². The fourth-order valence-electron chi connectivity index (χ4n) is 3.22. The van der Waals surface area contributed by atoms with Crippen LogP contribution in [0.15, 0.2) is 59.5 Å². The van der Waals surface area contributed by atoms with Gasteiger partial charge in [-0.05, 0) is 42.8 Å². The number of anilines is 1. The van der Waals surface area contributed by atoms with Crippen molar-refractivity contribution in [2.24, 2.45) is 0 Å². The van der Waals surface area contributed by atoms with Gasteiger partial charge in [0.2, 0.25) is 0 Å². The second kappa shape index (κ2) is 9.47. The third kappa shape index (κ3) is 4.85. The van der Waals surface area contributed by atoms with E-state index in [0.29, 0.717) is 17.0 Å². The number of halogens is 1. The van der Waals surface area contributed by atoms with Gasteiger partial charge >= 0.3 is 5.97 Å². The minimum absolute atomic E-state index is 0.00777. The highest BCUT2D eigenvalue weighted by Gasteiger charge is 2.18. The van der Waals surface area contributed by atoms with Gasteiger partial charge in [-0.15, -0.1) is 0 Å². The van der Waals surface area contributed by atoms with Crippen molar-refractivity contribution >= 4 is 34.1 Å². The molecule has 7 nitrogen and oxygen atoms in total. The van der Waals surface area contributed by atoms with Crippen molar-refractivity contribution in [3.8, 4) is 0 Å². The molecule has 1 heterocycles. The molecule has 32 heavy (non-hydrogen) atoms. The van der Waals surface area contributed by atoms with E-state index in [1.807, 2.05) is 25.1 Å². The van der Waals surface area contributed by atoms with Gasteiger partial charge in [-0.25, -0.2) is 9.18 Å². The van der Waals surface area contributed by atoms with Crippen molar-refractivity contribution in [2.45, 2.75) is 13.5 Å². The van der Waals surface area contributed by atoms with Crippen molar-refractivity contribution in [1.29, 1.82) is 0 Å². The number of nitrogens with zero attached hydrogens (tertiary/aromatic N) is 2. The maximum atomic E-state index is 13.3. The van der Waals surface area contributed by atoms with Crippen LogP contribution >= 0.6 is 0 Å². The molecule has 1 aromatic heterocycles. The molecule has 8 heteroatoms. The number of hydrogen-bond donors (Lipinski definition) is 1. The second-order valence-electron chi connectivity index (χ2n) is 7.34. The first-order valence-electron chi connectivity index (χ1n) is 9.92. The van der Waals surface area contributed by atoms with Crippen molar-refractivity contribution in [3.05, 3.63) is 81.9 Å². The van der Waals surface area contributed by atoms with Gasteiger partial charge in [-0.3, -0.25) is 9.59 Å². The van der Waals surface area contributed by atoms with Crippen LogP contribution in [0.2, 0.25) is 0 Å². The zero-order chi connectivity index (χ0) is 23.4. The van der Waals surface area contributed by atoms with Crippen LogP contribution in [0.25, 0.3) is 16.7 Å². The lowest BCUT2D eigenvalue weighted by Crippen LogP contribution is -2.18. The number of benzene rings is 2. The summed E-state index contributed by atoms with van der Waals surface area (Å²) >= 11 is 0. The lowest BCUT2D eigenvalue weighted by Gasteiger charge is -2.17. The Kier molecular flexibility index (Phi) is 6.73. The highest BCUT2D eigenvalue weighted by Crippen LogP contribution is 2.22. The standard InChI is InChI=1S/C24H23FN2O5/c1-4-32-24(31)22(29)12-21(28)19-14-27(13-15-5-7-16(25)8-6-15)20-11-17(26(2)3)9-10-18(20)23(19)30/h5-12,14,28H,4,13H2,1-3H3/b21-12-. The molecular formula is C24H23FN2O5. The highest BCUT2D eigenvalue weighted by atomic mass is 19.1. The first-order valence-corrected chi connectivity index (χ1v) is 9.92. The normalized spacial score (nSPS) is 11.4. The second-order valence-corrected chi connectivity index (χ2v) is 7.34. The Balaban J connectivity index is 2.17. The molecule has 0 unspecified atom stereocenters. The molecule has 0 radical (unpaired) electrons. The molecule has 166 valence electrons. The highest BCUT2D eigenvalue weighted by molar-refractivity contribution is 6.39. The summed E-state index contributed by atoms with van der Waals surface area (Å²) in [6, 6.07) is 11.1. The lowest BCUT2D eigenvalue weighted by molar-refractivity contribution is -0.151. The van der Waals surface area contributed by atoms with Gasteiger partial charge in [-0.1, -0.05) is 12.1 Å². The Labute approximate surface area is 184 Å². The summed E-state index contributed by atoms with van der Waals surface area (Å²) in [5.41, 5.74) is 1.58. The van der Waals surface area contributed by atoms with Gasteiger partial charge in [-0.2, -0.15) is 0 Å². The van der Waals surface area contributed by atoms with Crippen LogP contribution in [0.5, 0.6) is 0 Å². The third-order valence-electron chi connectivity index (χ3n) is 4.87. The molecular weight excluding hydrogens is 415 g/mol. The number of aliphatic hydroxyl groups excluding tert-OH is 1. The van der Waals surface area contributed by atoms with Crippen molar-refractivity contribution in [2.75, 3.05) is 25.6 Å². The van der Waals surface area contributed by atoms with Crippen LogP contribution in [-0.2, 0) is 20.9 Å². The molecule has 3 rings (SSSR count). The number of rotatable bonds is 7. The SMILES string of the molecule is CCOC(=O)C(=O)/C=C(\O)c1cn(Cc2ccc(F)cc2)c2cc(N(C)C)ccc2c1=O. The van der Waals surface area contributed by atoms with E-state index in [0.717, 1.165) is 11.3 Å². The molecule has 0 saturated heterocycles. The Morgan fingerprint density at radius 3 is 2.47 bits per heavy atom. The monoisotopic (exact) mass is 438 g/mol. The van der Waals surface area contributed by atoms with Gasteiger partial charge in [0.05, 0.1) is 17.7 Å². The first kappa shape index (κ1) is 22.7. The summed E-state index contributed by atoms with van der Waals surface area (Å²) in [7, 11) is 3.74. The van der Waals surface area contributed by atoms with Crippen LogP contribution in [0.4, 0.5) is 10.1 Å². The molecule has 2 aromatic carbocycles. The van der Waals surface area contributed by atoms with Crippen LogP contribution < -0.4 is 10.3 Å². The van der Waals surface area contributed by atoms with Gasteiger partial charge in [0, 0.05) is 44.0 Å². The molecule has 0 aliphatic rings. The van der Waals surface area contributed by atoms with E-state index in [4.69, 9.17) is 0 Å². The van der Waals surface area contributed by atoms with Gasteiger partial charge in [0.1, 0.15) is 11.6 Å². The number of ketones is 1. The number of aromatic nitrogens is 1. The number of esters is 1. The maximum absolute atomic E-state index is 13.3. The molecule has 0 atom stereocenters. The van der Waals surface area contributed by atoms with E-state index in [1.165, 1.54) is 18.3 Å². The Morgan fingerprint density at radius 2 is 1.84 bits per heavy atom. The number of carbonyl (C=O) groups excluding carboxylic acids is 2. The number of hydrogen-bond acceptors (Lipinski definition) is 6. The summed E-state index contributed by atoms with van der Waals surface area (Å²) in [6.45, 7) is 1.84. The molecule has 0 spiro atoms. The predicted octanol–water partition coefficient (Wildman–Crippen LogP) is 3.29. The average Bonchev–Trinajstić information content (AvgIpc) is 2.76. The predicted molar refractivity (Wildman–Crippen MR) is 120 cm³/mol. The molecule has 0 bridgehead atoms. The van der Waals surface area contributed by atoms with E-state index < -0.39 is 22.9 Å². The smallest absolute Gasteiger partial charge is 0.379 e. The molecule has 0 aliphatic heterocycles. The largest absolute Gasteiger partial charge is 0.507 e. The molecule has 0 fully saturated rings. The zero-order valence-corrected chi connectivity index (χ0v) is 18.0. The number of ether oxygens (including phenoxy) is 1. The summed E-state index contributed by atoms with van der Waals surface area (Å²) in [5.74, 6) is -3.20. The number of fused-ring (bicyclic) bond motifs is 1. The van der Waals surface area contributed by atoms with Crippen molar-refractivity contribution < 1.29 is 23.8 Å². The van der Waals surface area contributed by atoms with Crippen LogP contribution in [0.3, 0.4) is 0 Å². The Hall–Kier alpha value is -3.94. The number of aliphatic hydroxyl groups is 1. The lowest BCUT2D eigenvalue weighted by atomic mass is 10.1. The first-order chi connectivity index (χ1) is 15.2. The van der Waals surface area contributed by atoms with Gasteiger partial charge in [0.15, 0.2) is 5.43 Å². The van der Waals surface area contributed by atoms with Crippen molar-refractivity contribution in [1.82, 2.24) is 4.57 Å². The Bertz CT molecular complexity index is 1260. The summed E-state index contributed by atoms with van der Waals surface area (Å²) in [6.07, 6.45) is 2.09. The zero-order valence-electron chi connectivity index (χ0n) is 18.0. The van der Waals surface area contributed by atoms with Crippen LogP contribution in [0, 0.1) is 5.82 Å². The summed E-state index contributed by atoms with van der Waals surface area (Å²) in [5, 5.41) is 10.8. The molecule has 3 aromatic rings. The summed E-state index contributed by atoms with van der Waals surface area (Å²) < 4.78 is 19.7. The fraction of sp³-hybridized carbons (Fsp3) is 0.208. The molecule has 0 saturated carbocycles. The quantitative estimate of drug-likeness (QED) is 0.264. The van der Waals surface area contributed by atoms with Crippen LogP contribution in [-0.4, -0.2) is 42.1 Å². The van der Waals surface area contributed by atoms with Crippen molar-refractivity contribution in [3.63, 3.8) is 0 Å². The Morgan fingerprint density at radius 1 is 1.16 bits per heavy atom. The molecule has 1 N–H and O–H groups in total. The fourth-order valence-corrected chi connectivity index (χ4v) is 3.22. The van der Waals surface area contributed by atoms with Gasteiger partial charge in [0.25, 0.3) is 5.78 Å². The van der Waals surface area contributed by atoms with E-state index in [1.54, 1.807) is 35.8 Å². The molecule has 0 aliphatic carbocycles. The number of carbonyl (C=O) groups is 2. The topological polar surface area (TPSA) is 88.8 Å². The van der Waals surface area contributed by atoms with E-state index in [-0.39, 0.29) is 24.5 Å². The average molecular weight is 438 g/mol. The minimum atomic E-state index is -1.12. The van der Waals surface area contributed by atoms with E-state index in [2.05, 4.69) is 4.74 Å².